The van der Waals surface area contributed by atoms with E-state index in [4.69, 9.17) is 0 Å². The van der Waals surface area contributed by atoms with Crippen molar-refractivity contribution in [3.05, 3.63) is 108 Å². The molecular formula is C30H41NO2. The summed E-state index contributed by atoms with van der Waals surface area (Å²) in [5.74, 6) is 0.308. The molecule has 0 aliphatic heterocycles. The van der Waals surface area contributed by atoms with Crippen molar-refractivity contribution in [1.29, 1.82) is 0 Å². The molecule has 0 radical (unpaired) electrons. The Labute approximate surface area is 201 Å². The number of hydrogen-bond acceptors (Lipinski definition) is 2. The monoisotopic (exact) mass is 447 g/mol. The summed E-state index contributed by atoms with van der Waals surface area (Å²) in [6.07, 6.45) is 20.4. The van der Waals surface area contributed by atoms with Crippen molar-refractivity contribution < 1.29 is 9.59 Å². The van der Waals surface area contributed by atoms with Crippen molar-refractivity contribution in [1.82, 2.24) is 5.32 Å². The summed E-state index contributed by atoms with van der Waals surface area (Å²) in [7, 11) is 0. The molecule has 1 amide bonds. The maximum atomic E-state index is 12.3. The summed E-state index contributed by atoms with van der Waals surface area (Å²) in [6.45, 7) is 16.0. The van der Waals surface area contributed by atoms with Gasteiger partial charge in [0.05, 0.1) is 0 Å². The Hall–Kier alpha value is -3.20. The fraction of sp³-hybridized carbons (Fsp3) is 0.333. The van der Waals surface area contributed by atoms with Crippen molar-refractivity contribution in [2.24, 2.45) is 5.92 Å². The Morgan fingerprint density at radius 2 is 1.67 bits per heavy atom. The van der Waals surface area contributed by atoms with Gasteiger partial charge in [-0.2, -0.15) is 0 Å². The van der Waals surface area contributed by atoms with Gasteiger partial charge in [0.1, 0.15) is 0 Å². The topological polar surface area (TPSA) is 46.2 Å². The fourth-order valence-electron chi connectivity index (χ4n) is 2.56. The van der Waals surface area contributed by atoms with E-state index in [0.717, 1.165) is 12.8 Å². The van der Waals surface area contributed by atoms with Crippen LogP contribution < -0.4 is 5.32 Å². The minimum Gasteiger partial charge on any atom is -0.322 e. The molecule has 3 nitrogen and oxygen atoms in total. The van der Waals surface area contributed by atoms with Gasteiger partial charge in [-0.1, -0.05) is 101 Å². The van der Waals surface area contributed by atoms with Gasteiger partial charge >= 0.3 is 0 Å². The van der Waals surface area contributed by atoms with Crippen molar-refractivity contribution in [3.63, 3.8) is 0 Å². The van der Waals surface area contributed by atoms with Gasteiger partial charge in [0.15, 0.2) is 5.78 Å². The minimum absolute atomic E-state index is 0.0701. The highest BCUT2D eigenvalue weighted by atomic mass is 16.1. The average molecular weight is 448 g/mol. The van der Waals surface area contributed by atoms with Crippen LogP contribution in [0.25, 0.3) is 0 Å². The summed E-state index contributed by atoms with van der Waals surface area (Å²) in [5, 5.41) is 2.86. The zero-order valence-electron chi connectivity index (χ0n) is 21.2. The molecule has 0 bridgehead atoms. The molecule has 1 N–H and O–H groups in total. The van der Waals surface area contributed by atoms with Crippen LogP contribution in [0.5, 0.6) is 0 Å². The largest absolute Gasteiger partial charge is 0.322 e. The van der Waals surface area contributed by atoms with E-state index >= 15 is 0 Å². The van der Waals surface area contributed by atoms with E-state index in [2.05, 4.69) is 70.0 Å². The second kappa shape index (κ2) is 18.4. The molecule has 0 spiro atoms. The summed E-state index contributed by atoms with van der Waals surface area (Å²) >= 11 is 0. The summed E-state index contributed by atoms with van der Waals surface area (Å²) < 4.78 is 0. The highest BCUT2D eigenvalue weighted by Gasteiger charge is 2.08. The van der Waals surface area contributed by atoms with E-state index < -0.39 is 0 Å². The fourth-order valence-corrected chi connectivity index (χ4v) is 2.56. The first-order valence-electron chi connectivity index (χ1n) is 11.7. The highest BCUT2D eigenvalue weighted by molar-refractivity contribution is 5.99. The van der Waals surface area contributed by atoms with Crippen molar-refractivity contribution >= 4 is 11.7 Å². The van der Waals surface area contributed by atoms with E-state index in [9.17, 15) is 9.59 Å². The summed E-state index contributed by atoms with van der Waals surface area (Å²) in [6, 6.07) is 6.71. The maximum Gasteiger partial charge on any atom is 0.255 e. The van der Waals surface area contributed by atoms with Gasteiger partial charge in [0.2, 0.25) is 0 Å². The van der Waals surface area contributed by atoms with Gasteiger partial charge in [-0.15, -0.1) is 0 Å². The Bertz CT molecular complexity index is 880. The Balaban J connectivity index is 0.000000861. The SMILES string of the molecule is C=C/C=C(\C=C/C(C)CC)NC(=O)c1ccc(C(=O)CC)cc1.C\C=C/C(C)=C\C=C\CC. The van der Waals surface area contributed by atoms with Crippen LogP contribution in [-0.4, -0.2) is 11.7 Å². The molecule has 1 aromatic carbocycles. The summed E-state index contributed by atoms with van der Waals surface area (Å²) in [4.78, 5) is 23.9. The zero-order chi connectivity index (χ0) is 25.1. The van der Waals surface area contributed by atoms with Gasteiger partial charge in [0, 0.05) is 23.2 Å². The molecule has 0 aliphatic rings. The number of allylic oxidation sites excluding steroid dienone is 10. The number of amides is 1. The highest BCUT2D eigenvalue weighted by Crippen LogP contribution is 2.09. The Morgan fingerprint density at radius 1 is 1.03 bits per heavy atom. The Morgan fingerprint density at radius 3 is 2.18 bits per heavy atom. The van der Waals surface area contributed by atoms with Crippen LogP contribution in [0.2, 0.25) is 0 Å². The first-order chi connectivity index (χ1) is 15.8. The molecule has 0 saturated heterocycles. The molecule has 0 saturated carbocycles. The lowest BCUT2D eigenvalue weighted by molar-refractivity contribution is 0.0962. The van der Waals surface area contributed by atoms with Crippen LogP contribution in [0, 0.1) is 5.92 Å². The summed E-state index contributed by atoms with van der Waals surface area (Å²) in [5.41, 5.74) is 3.14. The smallest absolute Gasteiger partial charge is 0.255 e. The minimum atomic E-state index is -0.206. The average Bonchev–Trinajstić information content (AvgIpc) is 2.82. The zero-order valence-corrected chi connectivity index (χ0v) is 21.2. The van der Waals surface area contributed by atoms with Crippen LogP contribution in [0.1, 0.15) is 81.5 Å². The van der Waals surface area contributed by atoms with Crippen LogP contribution in [0.3, 0.4) is 0 Å². The van der Waals surface area contributed by atoms with E-state index in [-0.39, 0.29) is 11.7 Å². The molecule has 1 rings (SSSR count). The van der Waals surface area contributed by atoms with E-state index in [1.807, 2.05) is 26.0 Å². The third-order valence-corrected chi connectivity index (χ3v) is 4.75. The lowest BCUT2D eigenvalue weighted by Gasteiger charge is -2.08. The second-order valence-corrected chi connectivity index (χ2v) is 7.66. The molecule has 1 aromatic rings. The molecule has 3 heteroatoms. The number of hydrogen-bond donors (Lipinski definition) is 1. The predicted octanol–water partition coefficient (Wildman–Crippen LogP) is 8.16. The molecule has 0 aromatic heterocycles. The third-order valence-electron chi connectivity index (χ3n) is 4.75. The molecule has 0 aliphatic carbocycles. The van der Waals surface area contributed by atoms with Crippen molar-refractivity contribution in [3.8, 4) is 0 Å². The molecule has 0 fully saturated rings. The molecule has 33 heavy (non-hydrogen) atoms. The maximum absolute atomic E-state index is 12.3. The van der Waals surface area contributed by atoms with Crippen molar-refractivity contribution in [2.75, 3.05) is 0 Å². The second-order valence-electron chi connectivity index (χ2n) is 7.66. The van der Waals surface area contributed by atoms with Gasteiger partial charge in [-0.3, -0.25) is 9.59 Å². The van der Waals surface area contributed by atoms with E-state index in [1.165, 1.54) is 5.57 Å². The Kier molecular flexibility index (Phi) is 16.6. The standard InChI is InChI=1S/C20H25NO2.C10H16/c1-5-8-18(14-9-15(4)6-2)21-20(23)17-12-10-16(11-13-17)19(22)7-3;1-4-6-7-9-10(3)8-5-2/h5,8-15H,1,6-7H2,2-4H3,(H,21,23);5-9H,4H2,1-3H3/b14-9-,18-8+;7-6+,8-5-,10-9-. The number of carbonyl (C=O) groups is 2. The van der Waals surface area contributed by atoms with Crippen molar-refractivity contribution in [2.45, 2.75) is 60.8 Å². The van der Waals surface area contributed by atoms with Crippen LogP contribution in [-0.2, 0) is 0 Å². The lowest BCUT2D eigenvalue weighted by atomic mass is 10.1. The third kappa shape index (κ3) is 13.7. The first-order valence-corrected chi connectivity index (χ1v) is 11.7. The van der Waals surface area contributed by atoms with E-state index in [0.29, 0.717) is 29.2 Å². The molecule has 1 unspecified atom stereocenters. The number of ketones is 1. The lowest BCUT2D eigenvalue weighted by Crippen LogP contribution is -2.22. The molecule has 178 valence electrons. The number of nitrogens with one attached hydrogen (secondary N) is 1. The van der Waals surface area contributed by atoms with Gasteiger partial charge in [-0.05, 0) is 50.5 Å². The molecule has 1 atom stereocenters. The number of rotatable bonds is 11. The van der Waals surface area contributed by atoms with E-state index in [1.54, 1.807) is 36.4 Å². The van der Waals surface area contributed by atoms with Gasteiger partial charge in [-0.25, -0.2) is 0 Å². The van der Waals surface area contributed by atoms with Crippen LogP contribution in [0.4, 0.5) is 0 Å². The number of Topliss-reactive ketones (excluding diaryl/α,β-unsaturated/α-hetero) is 1. The number of benzene rings is 1. The normalized spacial score (nSPS) is 13.2. The van der Waals surface area contributed by atoms with Crippen LogP contribution >= 0.6 is 0 Å². The van der Waals surface area contributed by atoms with Gasteiger partial charge < -0.3 is 5.32 Å². The molecule has 0 heterocycles. The van der Waals surface area contributed by atoms with Gasteiger partial charge in [0.25, 0.3) is 5.91 Å². The number of carbonyl (C=O) groups excluding carboxylic acids is 2. The molecular weight excluding hydrogens is 406 g/mol. The first kappa shape index (κ1) is 29.8. The van der Waals surface area contributed by atoms with Crippen LogP contribution in [0.15, 0.2) is 96.8 Å². The quantitative estimate of drug-likeness (QED) is 0.275. The predicted molar refractivity (Wildman–Crippen MR) is 143 cm³/mol.